The third-order valence-corrected chi connectivity index (χ3v) is 5.34. The summed E-state index contributed by atoms with van der Waals surface area (Å²) in [6.07, 6.45) is 3.44. The molecule has 2 aromatic carbocycles. The maximum atomic E-state index is 6.11. The summed E-state index contributed by atoms with van der Waals surface area (Å²) in [6, 6.07) is 14.4. The van der Waals surface area contributed by atoms with Gasteiger partial charge in [-0.3, -0.25) is 9.98 Å². The first-order valence-corrected chi connectivity index (χ1v) is 9.43. The minimum Gasteiger partial charge on any atom is -0.252 e. The predicted molar refractivity (Wildman–Crippen MR) is 112 cm³/mol. The molecule has 0 atom stereocenters. The molecule has 0 fully saturated rings. The molecule has 0 aliphatic heterocycles. The van der Waals surface area contributed by atoms with Crippen LogP contribution in [-0.2, 0) is 0 Å². The second kappa shape index (κ2) is 8.35. The van der Waals surface area contributed by atoms with E-state index in [0.717, 1.165) is 9.75 Å². The third-order valence-electron chi connectivity index (χ3n) is 3.16. The van der Waals surface area contributed by atoms with Gasteiger partial charge in [0.15, 0.2) is 0 Å². The molecule has 3 rings (SSSR count). The maximum absolute atomic E-state index is 6.11. The van der Waals surface area contributed by atoms with Crippen LogP contribution in [0.4, 0.5) is 11.4 Å². The molecule has 7 heteroatoms. The lowest BCUT2D eigenvalue weighted by molar-refractivity contribution is 1.53. The zero-order valence-electron chi connectivity index (χ0n) is 12.6. The average Bonchev–Trinajstić information content (AvgIpc) is 3.02. The topological polar surface area (TPSA) is 24.7 Å². The summed E-state index contributed by atoms with van der Waals surface area (Å²) >= 11 is 26.0. The summed E-state index contributed by atoms with van der Waals surface area (Å²) in [7, 11) is 0. The maximum Gasteiger partial charge on any atom is 0.100 e. The van der Waals surface area contributed by atoms with Gasteiger partial charge in [-0.2, -0.15) is 0 Å². The highest BCUT2D eigenvalue weighted by atomic mass is 35.5. The van der Waals surface area contributed by atoms with Crippen LogP contribution in [0.1, 0.15) is 9.75 Å². The van der Waals surface area contributed by atoms with E-state index in [4.69, 9.17) is 46.4 Å². The van der Waals surface area contributed by atoms with E-state index in [1.54, 1.807) is 48.8 Å². The van der Waals surface area contributed by atoms with Crippen LogP contribution in [0.25, 0.3) is 0 Å². The molecule has 25 heavy (non-hydrogen) atoms. The molecule has 1 aromatic heterocycles. The molecule has 0 aliphatic rings. The van der Waals surface area contributed by atoms with Gasteiger partial charge in [-0.15, -0.1) is 11.3 Å². The summed E-state index contributed by atoms with van der Waals surface area (Å²) in [5.41, 5.74) is 1.11. The Hall–Kier alpha value is -1.36. The van der Waals surface area contributed by atoms with Crippen molar-refractivity contribution in [1.82, 2.24) is 0 Å². The van der Waals surface area contributed by atoms with E-state index in [9.17, 15) is 0 Å². The number of para-hydroxylation sites is 2. The highest BCUT2D eigenvalue weighted by Crippen LogP contribution is 2.33. The molecule has 0 saturated heterocycles. The van der Waals surface area contributed by atoms with Crippen LogP contribution in [0.5, 0.6) is 0 Å². The fourth-order valence-corrected chi connectivity index (χ4v) is 3.73. The fraction of sp³-hybridized carbons (Fsp3) is 0. The first-order chi connectivity index (χ1) is 12.0. The molecule has 0 unspecified atom stereocenters. The second-order valence-electron chi connectivity index (χ2n) is 4.90. The third kappa shape index (κ3) is 4.63. The van der Waals surface area contributed by atoms with E-state index >= 15 is 0 Å². The first kappa shape index (κ1) is 18.4. The quantitative estimate of drug-likeness (QED) is 0.378. The molecular formula is C18H10Cl4N2S. The van der Waals surface area contributed by atoms with Gasteiger partial charge in [0.25, 0.3) is 0 Å². The Morgan fingerprint density at radius 3 is 1.32 bits per heavy atom. The van der Waals surface area contributed by atoms with E-state index in [0.29, 0.717) is 31.5 Å². The van der Waals surface area contributed by atoms with Crippen molar-refractivity contribution < 1.29 is 0 Å². The van der Waals surface area contributed by atoms with Gasteiger partial charge in [-0.05, 0) is 36.4 Å². The van der Waals surface area contributed by atoms with E-state index in [1.165, 1.54) is 11.3 Å². The summed E-state index contributed by atoms with van der Waals surface area (Å²) < 4.78 is 0. The molecule has 0 bridgehead atoms. The Balaban J connectivity index is 1.79. The van der Waals surface area contributed by atoms with Gasteiger partial charge < -0.3 is 0 Å². The van der Waals surface area contributed by atoms with Crippen molar-refractivity contribution in [1.29, 1.82) is 0 Å². The van der Waals surface area contributed by atoms with Crippen molar-refractivity contribution in [3.05, 3.63) is 78.4 Å². The molecule has 1 heterocycles. The molecule has 0 aliphatic carbocycles. The highest BCUT2D eigenvalue weighted by molar-refractivity contribution is 7.15. The Bertz CT molecular complexity index is 847. The largest absolute Gasteiger partial charge is 0.252 e. The van der Waals surface area contributed by atoms with Gasteiger partial charge in [-0.1, -0.05) is 58.5 Å². The SMILES string of the molecule is Clc1cccc(Cl)c1N=Cc1ccc(C=Nc2c(Cl)cccc2Cl)s1. The van der Waals surface area contributed by atoms with Crippen molar-refractivity contribution >= 4 is 81.5 Å². The van der Waals surface area contributed by atoms with Crippen molar-refractivity contribution in [3.63, 3.8) is 0 Å². The number of thiophene rings is 1. The summed E-state index contributed by atoms with van der Waals surface area (Å²) in [5.74, 6) is 0. The van der Waals surface area contributed by atoms with E-state index < -0.39 is 0 Å². The molecule has 2 nitrogen and oxygen atoms in total. The minimum absolute atomic E-state index is 0.510. The molecule has 0 amide bonds. The van der Waals surface area contributed by atoms with Crippen LogP contribution in [-0.4, -0.2) is 12.4 Å². The van der Waals surface area contributed by atoms with Gasteiger partial charge >= 0.3 is 0 Å². The molecule has 0 spiro atoms. The Labute approximate surface area is 169 Å². The zero-order valence-corrected chi connectivity index (χ0v) is 16.4. The number of rotatable bonds is 4. The number of nitrogens with zero attached hydrogens (tertiary/aromatic N) is 2. The van der Waals surface area contributed by atoms with Gasteiger partial charge in [-0.25, -0.2) is 0 Å². The number of hydrogen-bond donors (Lipinski definition) is 0. The number of hydrogen-bond acceptors (Lipinski definition) is 3. The Morgan fingerprint density at radius 1 is 0.600 bits per heavy atom. The lowest BCUT2D eigenvalue weighted by Gasteiger charge is -1.99. The Morgan fingerprint density at radius 2 is 0.960 bits per heavy atom. The summed E-state index contributed by atoms with van der Waals surface area (Å²) in [6.45, 7) is 0. The number of halogens is 4. The van der Waals surface area contributed by atoms with Gasteiger partial charge in [0, 0.05) is 22.2 Å². The van der Waals surface area contributed by atoms with Crippen LogP contribution in [0.15, 0.2) is 58.5 Å². The van der Waals surface area contributed by atoms with E-state index in [1.807, 2.05) is 12.1 Å². The fourth-order valence-electron chi connectivity index (χ4n) is 1.99. The molecule has 3 aromatic rings. The Kier molecular flexibility index (Phi) is 6.15. The molecule has 0 N–H and O–H groups in total. The zero-order chi connectivity index (χ0) is 17.8. The van der Waals surface area contributed by atoms with Crippen molar-refractivity contribution in [2.75, 3.05) is 0 Å². The monoisotopic (exact) mass is 426 g/mol. The van der Waals surface area contributed by atoms with Gasteiger partial charge in [0.1, 0.15) is 11.4 Å². The lowest BCUT2D eigenvalue weighted by atomic mass is 10.3. The normalized spacial score (nSPS) is 11.7. The van der Waals surface area contributed by atoms with Gasteiger partial charge in [0.2, 0.25) is 0 Å². The van der Waals surface area contributed by atoms with E-state index in [2.05, 4.69) is 9.98 Å². The first-order valence-electron chi connectivity index (χ1n) is 7.10. The number of aliphatic imine (C=N–C) groups is 2. The molecular weight excluding hydrogens is 418 g/mol. The van der Waals surface area contributed by atoms with Crippen molar-refractivity contribution in [3.8, 4) is 0 Å². The van der Waals surface area contributed by atoms with Crippen molar-refractivity contribution in [2.24, 2.45) is 9.98 Å². The average molecular weight is 428 g/mol. The standard InChI is InChI=1S/C18H10Cl4N2S/c19-13-3-1-4-14(20)17(13)23-9-11-7-8-12(25-11)10-24-18-15(21)5-2-6-16(18)22/h1-10H. The smallest absolute Gasteiger partial charge is 0.100 e. The van der Waals surface area contributed by atoms with E-state index in [-0.39, 0.29) is 0 Å². The van der Waals surface area contributed by atoms with Crippen LogP contribution >= 0.6 is 57.7 Å². The molecule has 0 radical (unpaired) electrons. The molecule has 0 saturated carbocycles. The highest BCUT2D eigenvalue weighted by Gasteiger charge is 2.04. The lowest BCUT2D eigenvalue weighted by Crippen LogP contribution is -1.76. The molecule has 126 valence electrons. The predicted octanol–water partition coefficient (Wildman–Crippen LogP) is 7.86. The second-order valence-corrected chi connectivity index (χ2v) is 7.67. The van der Waals surface area contributed by atoms with Gasteiger partial charge in [0.05, 0.1) is 20.1 Å². The minimum atomic E-state index is 0.510. The summed E-state index contributed by atoms with van der Waals surface area (Å²) in [5, 5.41) is 2.04. The van der Waals surface area contributed by atoms with Crippen LogP contribution in [0, 0.1) is 0 Å². The van der Waals surface area contributed by atoms with Crippen LogP contribution in [0.3, 0.4) is 0 Å². The van der Waals surface area contributed by atoms with Crippen molar-refractivity contribution in [2.45, 2.75) is 0 Å². The summed E-state index contributed by atoms with van der Waals surface area (Å²) in [4.78, 5) is 10.6. The van der Waals surface area contributed by atoms with Crippen LogP contribution < -0.4 is 0 Å². The van der Waals surface area contributed by atoms with Crippen LogP contribution in [0.2, 0.25) is 20.1 Å². The number of benzene rings is 2.